The molecule has 0 spiro atoms. The Hall–Kier alpha value is -1.06. The molecule has 0 aliphatic heterocycles. The maximum atomic E-state index is 11.4. The van der Waals surface area contributed by atoms with Gasteiger partial charge in [0.15, 0.2) is 0 Å². The van der Waals surface area contributed by atoms with E-state index in [1.54, 1.807) is 0 Å². The Morgan fingerprint density at radius 3 is 2.21 bits per heavy atom. The second-order valence-electron chi connectivity index (χ2n) is 6.29. The summed E-state index contributed by atoms with van der Waals surface area (Å²) in [5.41, 5.74) is -0.328. The number of carboxylic acid groups (broad SMARTS) is 2. The lowest BCUT2D eigenvalue weighted by molar-refractivity contribution is -0.317. The topological polar surface area (TPSA) is 80.3 Å². The third kappa shape index (κ3) is 4.51. The lowest BCUT2D eigenvalue weighted by Crippen LogP contribution is -2.44. The second kappa shape index (κ2) is 6.92. The SMILES string of the molecule is CC(C)(C1CCCCC1)C(CCCC(=O)[O-])C(=O)[O-]. The van der Waals surface area contributed by atoms with Crippen LogP contribution in [0.3, 0.4) is 0 Å². The van der Waals surface area contributed by atoms with Crippen LogP contribution >= 0.6 is 0 Å². The van der Waals surface area contributed by atoms with Crippen molar-refractivity contribution in [1.29, 1.82) is 0 Å². The standard InChI is InChI=1S/C15H26O4/c1-15(2,11-7-4-3-5-8-11)12(14(18)19)9-6-10-13(16)17/h11-12H,3-10H2,1-2H3,(H,16,17)(H,18,19)/p-2. The molecule has 0 aromatic heterocycles. The van der Waals surface area contributed by atoms with E-state index in [1.807, 2.05) is 13.8 Å². The molecule has 4 nitrogen and oxygen atoms in total. The molecular formula is C15H24O4-2. The number of carbonyl (C=O) groups excluding carboxylic acids is 2. The third-order valence-corrected chi connectivity index (χ3v) is 4.71. The zero-order valence-electron chi connectivity index (χ0n) is 11.9. The normalized spacial score (nSPS) is 19.1. The highest BCUT2D eigenvalue weighted by atomic mass is 16.4. The fourth-order valence-corrected chi connectivity index (χ4v) is 3.38. The highest BCUT2D eigenvalue weighted by Crippen LogP contribution is 2.44. The average Bonchev–Trinajstić information content (AvgIpc) is 2.34. The van der Waals surface area contributed by atoms with Gasteiger partial charge in [-0.15, -0.1) is 0 Å². The van der Waals surface area contributed by atoms with Gasteiger partial charge in [0.2, 0.25) is 0 Å². The molecular weight excluding hydrogens is 244 g/mol. The molecule has 1 aliphatic rings. The zero-order chi connectivity index (χ0) is 14.5. The van der Waals surface area contributed by atoms with Gasteiger partial charge in [0.25, 0.3) is 0 Å². The number of rotatable bonds is 7. The fourth-order valence-electron chi connectivity index (χ4n) is 3.38. The summed E-state index contributed by atoms with van der Waals surface area (Å²) in [7, 11) is 0. The summed E-state index contributed by atoms with van der Waals surface area (Å²) in [5.74, 6) is -2.34. The molecule has 0 aromatic rings. The number of hydrogen-bond acceptors (Lipinski definition) is 4. The molecule has 1 aliphatic carbocycles. The van der Waals surface area contributed by atoms with E-state index in [0.29, 0.717) is 18.8 Å². The van der Waals surface area contributed by atoms with E-state index in [1.165, 1.54) is 6.42 Å². The van der Waals surface area contributed by atoms with E-state index in [0.717, 1.165) is 25.7 Å². The van der Waals surface area contributed by atoms with Gasteiger partial charge < -0.3 is 19.8 Å². The van der Waals surface area contributed by atoms with E-state index in [-0.39, 0.29) is 11.8 Å². The second-order valence-corrected chi connectivity index (χ2v) is 6.29. The van der Waals surface area contributed by atoms with Gasteiger partial charge >= 0.3 is 0 Å². The van der Waals surface area contributed by atoms with Crippen molar-refractivity contribution in [2.24, 2.45) is 17.3 Å². The summed E-state index contributed by atoms with van der Waals surface area (Å²) < 4.78 is 0. The van der Waals surface area contributed by atoms with E-state index < -0.39 is 17.9 Å². The first-order chi connectivity index (χ1) is 8.85. The summed E-state index contributed by atoms with van der Waals surface area (Å²) in [4.78, 5) is 21.8. The number of carboxylic acids is 2. The van der Waals surface area contributed by atoms with Crippen LogP contribution in [0.15, 0.2) is 0 Å². The molecule has 0 amide bonds. The van der Waals surface area contributed by atoms with E-state index in [9.17, 15) is 19.8 Å². The molecule has 0 bridgehead atoms. The Kier molecular flexibility index (Phi) is 5.83. The van der Waals surface area contributed by atoms with Crippen LogP contribution in [0.1, 0.15) is 65.2 Å². The molecule has 19 heavy (non-hydrogen) atoms. The molecule has 0 N–H and O–H groups in total. The highest BCUT2D eigenvalue weighted by Gasteiger charge is 2.37. The molecule has 1 rings (SSSR count). The molecule has 1 atom stereocenters. The Morgan fingerprint density at radius 2 is 1.74 bits per heavy atom. The maximum absolute atomic E-state index is 11.4. The quantitative estimate of drug-likeness (QED) is 0.686. The fraction of sp³-hybridized carbons (Fsp3) is 0.867. The van der Waals surface area contributed by atoms with E-state index >= 15 is 0 Å². The molecule has 110 valence electrons. The lowest BCUT2D eigenvalue weighted by atomic mass is 9.63. The van der Waals surface area contributed by atoms with Crippen LogP contribution in [0.4, 0.5) is 0 Å². The van der Waals surface area contributed by atoms with Crippen LogP contribution in [0.5, 0.6) is 0 Å². The first-order valence-electron chi connectivity index (χ1n) is 7.26. The predicted molar refractivity (Wildman–Crippen MR) is 67.7 cm³/mol. The Labute approximate surface area is 115 Å². The molecule has 0 radical (unpaired) electrons. The summed E-state index contributed by atoms with van der Waals surface area (Å²) >= 11 is 0. The van der Waals surface area contributed by atoms with Gasteiger partial charge in [0.1, 0.15) is 0 Å². The minimum atomic E-state index is -1.12. The summed E-state index contributed by atoms with van der Waals surface area (Å²) in [6, 6.07) is 0. The highest BCUT2D eigenvalue weighted by molar-refractivity contribution is 5.69. The molecule has 4 heteroatoms. The van der Waals surface area contributed by atoms with Crippen LogP contribution in [0, 0.1) is 17.3 Å². The van der Waals surface area contributed by atoms with Crippen molar-refractivity contribution < 1.29 is 19.8 Å². The van der Waals surface area contributed by atoms with Crippen molar-refractivity contribution in [1.82, 2.24) is 0 Å². The van der Waals surface area contributed by atoms with Gasteiger partial charge in [-0.1, -0.05) is 33.1 Å². The zero-order valence-corrected chi connectivity index (χ0v) is 11.9. The molecule has 0 heterocycles. The molecule has 1 fully saturated rings. The van der Waals surface area contributed by atoms with E-state index in [4.69, 9.17) is 0 Å². The monoisotopic (exact) mass is 268 g/mol. The number of hydrogen-bond donors (Lipinski definition) is 0. The average molecular weight is 268 g/mol. The Morgan fingerprint density at radius 1 is 1.16 bits per heavy atom. The van der Waals surface area contributed by atoms with Gasteiger partial charge in [-0.3, -0.25) is 0 Å². The summed E-state index contributed by atoms with van der Waals surface area (Å²) in [6.45, 7) is 3.98. The van der Waals surface area contributed by atoms with Crippen molar-refractivity contribution in [3.05, 3.63) is 0 Å². The third-order valence-electron chi connectivity index (χ3n) is 4.71. The largest absolute Gasteiger partial charge is 0.550 e. The van der Waals surface area contributed by atoms with Crippen LogP contribution in [0.2, 0.25) is 0 Å². The van der Waals surface area contributed by atoms with Crippen molar-refractivity contribution in [2.75, 3.05) is 0 Å². The minimum absolute atomic E-state index is 0.0788. The lowest BCUT2D eigenvalue weighted by Gasteiger charge is -2.43. The number of carbonyl (C=O) groups is 2. The van der Waals surface area contributed by atoms with Crippen LogP contribution < -0.4 is 10.2 Å². The molecule has 1 unspecified atom stereocenters. The van der Waals surface area contributed by atoms with Gasteiger partial charge in [0.05, 0.1) is 0 Å². The Balaban J connectivity index is 2.66. The van der Waals surface area contributed by atoms with Crippen molar-refractivity contribution >= 4 is 11.9 Å². The molecule has 0 saturated heterocycles. The van der Waals surface area contributed by atoms with Crippen molar-refractivity contribution in [2.45, 2.75) is 65.2 Å². The van der Waals surface area contributed by atoms with Gasteiger partial charge in [-0.05, 0) is 43.4 Å². The minimum Gasteiger partial charge on any atom is -0.550 e. The van der Waals surface area contributed by atoms with E-state index in [2.05, 4.69) is 0 Å². The maximum Gasteiger partial charge on any atom is 0.0450 e. The summed E-state index contributed by atoms with van der Waals surface area (Å²) in [5, 5.41) is 21.8. The molecule has 1 saturated carbocycles. The van der Waals surface area contributed by atoms with Crippen molar-refractivity contribution in [3.63, 3.8) is 0 Å². The van der Waals surface area contributed by atoms with Crippen LogP contribution in [-0.2, 0) is 9.59 Å². The van der Waals surface area contributed by atoms with Gasteiger partial charge in [-0.2, -0.15) is 0 Å². The number of aliphatic carboxylic acids is 2. The first kappa shape index (κ1) is 16.0. The summed E-state index contributed by atoms with van der Waals surface area (Å²) in [6.07, 6.45) is 6.31. The van der Waals surface area contributed by atoms with Gasteiger partial charge in [-0.25, -0.2) is 0 Å². The van der Waals surface area contributed by atoms with Crippen LogP contribution in [-0.4, -0.2) is 11.9 Å². The Bertz CT molecular complexity index is 316. The van der Waals surface area contributed by atoms with Gasteiger partial charge in [0, 0.05) is 17.9 Å². The van der Waals surface area contributed by atoms with Crippen LogP contribution in [0.25, 0.3) is 0 Å². The first-order valence-corrected chi connectivity index (χ1v) is 7.26. The molecule has 0 aromatic carbocycles. The smallest absolute Gasteiger partial charge is 0.0450 e. The van der Waals surface area contributed by atoms with Crippen molar-refractivity contribution in [3.8, 4) is 0 Å². The predicted octanol–water partition coefficient (Wildman–Crippen LogP) is 0.879.